The summed E-state index contributed by atoms with van der Waals surface area (Å²) in [7, 11) is 0. The summed E-state index contributed by atoms with van der Waals surface area (Å²) in [4.78, 5) is 2.72. The molecule has 4 fully saturated rings. The molecule has 0 aromatic heterocycles. The third kappa shape index (κ3) is 2.80. The van der Waals surface area contributed by atoms with Crippen LogP contribution in [0.25, 0.3) is 0 Å². The van der Waals surface area contributed by atoms with Crippen LogP contribution in [0.5, 0.6) is 0 Å². The molecular weight excluding hydrogens is 332 g/mol. The van der Waals surface area contributed by atoms with Gasteiger partial charge >= 0.3 is 0 Å². The maximum absolute atomic E-state index is 9.97. The van der Waals surface area contributed by atoms with Gasteiger partial charge in [0.15, 0.2) is 0 Å². The largest absolute Gasteiger partial charge is 0.411 e. The van der Waals surface area contributed by atoms with Crippen LogP contribution < -0.4 is 0 Å². The lowest BCUT2D eigenvalue weighted by Crippen LogP contribution is -2.60. The van der Waals surface area contributed by atoms with Gasteiger partial charge in [-0.1, -0.05) is 65.8 Å². The highest BCUT2D eigenvalue weighted by atomic mass is 16.4. The highest BCUT2D eigenvalue weighted by molar-refractivity contribution is 5.91. The van der Waals surface area contributed by atoms with Crippen molar-refractivity contribution in [3.8, 4) is 0 Å². The Morgan fingerprint density at radius 1 is 0.815 bits per heavy atom. The van der Waals surface area contributed by atoms with Crippen molar-refractivity contribution in [3.05, 3.63) is 71.8 Å². The van der Waals surface area contributed by atoms with Crippen LogP contribution >= 0.6 is 0 Å². The second-order valence-electron chi connectivity index (χ2n) is 8.65. The van der Waals surface area contributed by atoms with E-state index in [4.69, 9.17) is 0 Å². The molecule has 1 heterocycles. The van der Waals surface area contributed by atoms with Gasteiger partial charge in [-0.2, -0.15) is 0 Å². The molecule has 2 bridgehead atoms. The first kappa shape index (κ1) is 17.0. The first-order chi connectivity index (χ1) is 13.3. The molecule has 0 spiro atoms. The molecule has 27 heavy (non-hydrogen) atoms. The monoisotopic (exact) mass is 360 g/mol. The van der Waals surface area contributed by atoms with Crippen molar-refractivity contribution < 1.29 is 5.21 Å². The fraction of sp³-hybridized carbons (Fsp3) is 0.458. The summed E-state index contributed by atoms with van der Waals surface area (Å²) in [5, 5.41) is 13.9. The van der Waals surface area contributed by atoms with Crippen LogP contribution in [-0.4, -0.2) is 34.4 Å². The zero-order valence-corrected chi connectivity index (χ0v) is 15.8. The number of fused-ring (bicyclic) bond motifs is 3. The van der Waals surface area contributed by atoms with Crippen molar-refractivity contribution in [1.29, 1.82) is 0 Å². The Hall–Kier alpha value is -2.13. The Morgan fingerprint density at radius 2 is 1.33 bits per heavy atom. The predicted molar refractivity (Wildman–Crippen MR) is 108 cm³/mol. The highest BCUT2D eigenvalue weighted by Gasteiger charge is 2.57. The number of likely N-dealkylation sites (tertiary alicyclic amines) is 1. The van der Waals surface area contributed by atoms with E-state index in [0.29, 0.717) is 17.8 Å². The third-order valence-corrected chi connectivity index (χ3v) is 7.32. The summed E-state index contributed by atoms with van der Waals surface area (Å²) in [6.45, 7) is 2.37. The van der Waals surface area contributed by atoms with Crippen LogP contribution in [-0.2, 0) is 0 Å². The molecule has 4 aliphatic rings. The first-order valence-corrected chi connectivity index (χ1v) is 10.4. The molecule has 2 aromatic rings. The minimum Gasteiger partial charge on any atom is -0.411 e. The lowest BCUT2D eigenvalue weighted by molar-refractivity contribution is 0.0266. The molecule has 3 heteroatoms. The quantitative estimate of drug-likeness (QED) is 0.615. The molecule has 1 N–H and O–H groups in total. The summed E-state index contributed by atoms with van der Waals surface area (Å²) < 4.78 is 0. The van der Waals surface area contributed by atoms with Gasteiger partial charge < -0.3 is 5.21 Å². The van der Waals surface area contributed by atoms with Crippen molar-refractivity contribution in [3.63, 3.8) is 0 Å². The van der Waals surface area contributed by atoms with E-state index in [0.717, 1.165) is 12.1 Å². The predicted octanol–water partition coefficient (Wildman–Crippen LogP) is 5.03. The van der Waals surface area contributed by atoms with Crippen LogP contribution in [0.3, 0.4) is 0 Å². The fourth-order valence-corrected chi connectivity index (χ4v) is 6.21. The van der Waals surface area contributed by atoms with E-state index in [9.17, 15) is 5.21 Å². The number of rotatable bonds is 3. The SMILES string of the molecule is O/N=C1\CC2(N3CCCC3)CC(c3ccccc3)C1C(c1ccccc1)C2. The molecule has 1 saturated heterocycles. The summed E-state index contributed by atoms with van der Waals surface area (Å²) in [6, 6.07) is 21.8. The van der Waals surface area contributed by atoms with Gasteiger partial charge in [-0.3, -0.25) is 4.90 Å². The van der Waals surface area contributed by atoms with Gasteiger partial charge in [-0.25, -0.2) is 0 Å². The Labute approximate surface area is 161 Å². The Balaban J connectivity index is 1.63. The number of oxime groups is 1. The molecule has 2 atom stereocenters. The van der Waals surface area contributed by atoms with Gasteiger partial charge in [0, 0.05) is 17.9 Å². The van der Waals surface area contributed by atoms with Crippen molar-refractivity contribution >= 4 is 5.71 Å². The average molecular weight is 361 g/mol. The van der Waals surface area contributed by atoms with E-state index in [2.05, 4.69) is 70.7 Å². The topological polar surface area (TPSA) is 35.8 Å². The lowest BCUT2D eigenvalue weighted by atomic mass is 9.52. The van der Waals surface area contributed by atoms with E-state index in [1.807, 2.05) is 0 Å². The number of nitrogens with zero attached hydrogens (tertiary/aromatic N) is 2. The summed E-state index contributed by atoms with van der Waals surface area (Å²) in [6.07, 6.45) is 5.89. The number of benzene rings is 2. The van der Waals surface area contributed by atoms with E-state index in [-0.39, 0.29) is 5.54 Å². The molecule has 3 nitrogen and oxygen atoms in total. The van der Waals surface area contributed by atoms with Gasteiger partial charge in [0.05, 0.1) is 5.71 Å². The van der Waals surface area contributed by atoms with Gasteiger partial charge in [-0.05, 0) is 61.7 Å². The van der Waals surface area contributed by atoms with Gasteiger partial charge in [0.1, 0.15) is 0 Å². The third-order valence-electron chi connectivity index (χ3n) is 7.32. The van der Waals surface area contributed by atoms with Gasteiger partial charge in [0.25, 0.3) is 0 Å². The maximum Gasteiger partial charge on any atom is 0.0632 e. The Bertz CT molecular complexity index is 761. The molecule has 6 rings (SSSR count). The molecule has 2 unspecified atom stereocenters. The smallest absolute Gasteiger partial charge is 0.0632 e. The molecule has 3 aliphatic carbocycles. The van der Waals surface area contributed by atoms with E-state index in [1.165, 1.54) is 49.9 Å². The second-order valence-corrected chi connectivity index (χ2v) is 8.65. The van der Waals surface area contributed by atoms with Crippen LogP contribution in [0, 0.1) is 5.92 Å². The van der Waals surface area contributed by atoms with Crippen LogP contribution in [0.15, 0.2) is 65.8 Å². The first-order valence-electron chi connectivity index (χ1n) is 10.4. The maximum atomic E-state index is 9.97. The summed E-state index contributed by atoms with van der Waals surface area (Å²) in [5.41, 5.74) is 3.94. The van der Waals surface area contributed by atoms with Crippen LogP contribution in [0.4, 0.5) is 0 Å². The molecule has 0 amide bonds. The van der Waals surface area contributed by atoms with Crippen LogP contribution in [0.2, 0.25) is 0 Å². The second kappa shape index (κ2) is 6.79. The van der Waals surface area contributed by atoms with E-state index in [1.54, 1.807) is 0 Å². The molecule has 0 radical (unpaired) electrons. The van der Waals surface area contributed by atoms with Crippen molar-refractivity contribution in [2.75, 3.05) is 13.1 Å². The lowest BCUT2D eigenvalue weighted by Gasteiger charge is -2.58. The van der Waals surface area contributed by atoms with Crippen molar-refractivity contribution in [2.24, 2.45) is 11.1 Å². The Morgan fingerprint density at radius 3 is 1.81 bits per heavy atom. The number of hydrogen-bond acceptors (Lipinski definition) is 3. The van der Waals surface area contributed by atoms with Crippen molar-refractivity contribution in [1.82, 2.24) is 4.90 Å². The Kier molecular flexibility index (Phi) is 4.28. The molecular formula is C24H28N2O. The van der Waals surface area contributed by atoms with E-state index >= 15 is 0 Å². The fourth-order valence-electron chi connectivity index (χ4n) is 6.21. The number of hydrogen-bond donors (Lipinski definition) is 1. The standard InChI is InChI=1S/C24H28N2O/c27-25-22-17-24(26-13-7-8-14-26)15-20(18-9-3-1-4-10-18)23(22)21(16-24)19-11-5-2-6-12-19/h1-6,9-12,20-21,23,27H,7-8,13-17H2/b25-22+. The average Bonchev–Trinajstić information content (AvgIpc) is 3.30. The zero-order valence-electron chi connectivity index (χ0n) is 15.8. The van der Waals surface area contributed by atoms with Gasteiger partial charge in [0.2, 0.25) is 0 Å². The summed E-state index contributed by atoms with van der Waals surface area (Å²) in [5.74, 6) is 1.14. The highest BCUT2D eigenvalue weighted by Crippen LogP contribution is 2.59. The van der Waals surface area contributed by atoms with Gasteiger partial charge in [-0.15, -0.1) is 0 Å². The van der Waals surface area contributed by atoms with Crippen molar-refractivity contribution in [2.45, 2.75) is 49.5 Å². The minimum absolute atomic E-state index is 0.133. The summed E-state index contributed by atoms with van der Waals surface area (Å²) >= 11 is 0. The molecule has 140 valence electrons. The molecule has 3 saturated carbocycles. The van der Waals surface area contributed by atoms with Crippen LogP contribution in [0.1, 0.15) is 55.1 Å². The zero-order chi connectivity index (χ0) is 18.3. The molecule has 1 aliphatic heterocycles. The minimum atomic E-state index is 0.133. The molecule has 2 aromatic carbocycles. The normalized spacial score (nSPS) is 35.0. The van der Waals surface area contributed by atoms with E-state index < -0.39 is 0 Å².